The van der Waals surface area contributed by atoms with Crippen molar-refractivity contribution >= 4 is 18.7 Å². The van der Waals surface area contributed by atoms with Crippen molar-refractivity contribution in [1.29, 1.82) is 0 Å². The van der Waals surface area contributed by atoms with Crippen LogP contribution in [-0.2, 0) is 18.6 Å². The van der Waals surface area contributed by atoms with E-state index in [-0.39, 0.29) is 11.6 Å². The van der Waals surface area contributed by atoms with Gasteiger partial charge >= 0.3 is 5.69 Å². The SMILES string of the molecule is C#C[C@]1(CO[Si](c2ccccc2)(c2ccccc2)C(C)(C)C)O[C@@H](n2ccc(=O)n(N)c2=O)[C@@H]2OC3(CCCC3)O[C@@H]21. The van der Waals surface area contributed by atoms with Gasteiger partial charge in [0.25, 0.3) is 13.9 Å². The molecule has 1 spiro atoms. The fraction of sp³-hybridized carbons (Fsp3) is 0.438. The van der Waals surface area contributed by atoms with Gasteiger partial charge in [-0.15, -0.1) is 6.42 Å². The highest BCUT2D eigenvalue weighted by atomic mass is 28.4. The van der Waals surface area contributed by atoms with Crippen molar-refractivity contribution in [2.24, 2.45) is 0 Å². The van der Waals surface area contributed by atoms with Gasteiger partial charge in [0.15, 0.2) is 17.6 Å². The van der Waals surface area contributed by atoms with Crippen LogP contribution in [0, 0.1) is 12.3 Å². The number of nitrogens with zero attached hydrogens (tertiary/aromatic N) is 2. The number of nitrogens with two attached hydrogens (primary N) is 1. The molecule has 42 heavy (non-hydrogen) atoms. The Kier molecular flexibility index (Phi) is 7.07. The van der Waals surface area contributed by atoms with Gasteiger partial charge < -0.3 is 24.5 Å². The Hall–Kier alpha value is -3.46. The van der Waals surface area contributed by atoms with Crippen molar-refractivity contribution in [3.63, 3.8) is 0 Å². The summed E-state index contributed by atoms with van der Waals surface area (Å²) in [5.74, 6) is 7.85. The molecule has 0 amide bonds. The molecule has 3 heterocycles. The Morgan fingerprint density at radius 3 is 2.12 bits per heavy atom. The minimum absolute atomic E-state index is 0.00486. The molecule has 1 aromatic heterocycles. The van der Waals surface area contributed by atoms with Gasteiger partial charge in [-0.3, -0.25) is 9.36 Å². The van der Waals surface area contributed by atoms with Crippen LogP contribution in [0.25, 0.3) is 0 Å². The summed E-state index contributed by atoms with van der Waals surface area (Å²) < 4.78 is 28.9. The van der Waals surface area contributed by atoms with E-state index in [9.17, 15) is 9.59 Å². The molecule has 6 rings (SSSR count). The molecule has 1 aliphatic carbocycles. The summed E-state index contributed by atoms with van der Waals surface area (Å²) in [7, 11) is -3.00. The Labute approximate surface area is 246 Å². The highest BCUT2D eigenvalue weighted by molar-refractivity contribution is 6.99. The molecular formula is C32H37N3O6Si. The van der Waals surface area contributed by atoms with Gasteiger partial charge in [-0.05, 0) is 28.3 Å². The Morgan fingerprint density at radius 2 is 1.57 bits per heavy atom. The van der Waals surface area contributed by atoms with Crippen molar-refractivity contribution < 1.29 is 18.6 Å². The van der Waals surface area contributed by atoms with Crippen molar-refractivity contribution in [3.05, 3.63) is 93.8 Å². The first-order valence-corrected chi connectivity index (χ1v) is 16.3. The van der Waals surface area contributed by atoms with Gasteiger partial charge in [0.2, 0.25) is 0 Å². The molecule has 10 heteroatoms. The second kappa shape index (κ2) is 10.4. The highest BCUT2D eigenvalue weighted by Crippen LogP contribution is 2.53. The predicted molar refractivity (Wildman–Crippen MR) is 161 cm³/mol. The molecule has 2 aliphatic heterocycles. The molecular weight excluding hydrogens is 550 g/mol. The molecule has 220 valence electrons. The lowest BCUT2D eigenvalue weighted by Gasteiger charge is -2.44. The molecule has 3 fully saturated rings. The van der Waals surface area contributed by atoms with Crippen molar-refractivity contribution in [1.82, 2.24) is 9.24 Å². The van der Waals surface area contributed by atoms with Gasteiger partial charge in [-0.25, -0.2) is 4.79 Å². The molecule has 2 N–H and O–H groups in total. The van der Waals surface area contributed by atoms with E-state index in [1.807, 2.05) is 36.4 Å². The summed E-state index contributed by atoms with van der Waals surface area (Å²) in [6, 6.07) is 21.7. The number of nitrogen functional groups attached to an aromatic ring is 1. The van der Waals surface area contributed by atoms with Gasteiger partial charge in [0.1, 0.15) is 12.2 Å². The fourth-order valence-electron chi connectivity index (χ4n) is 6.87. The van der Waals surface area contributed by atoms with Gasteiger partial charge in [-0.2, -0.15) is 4.68 Å². The minimum Gasteiger partial charge on any atom is -0.403 e. The van der Waals surface area contributed by atoms with Crippen LogP contribution < -0.4 is 27.5 Å². The molecule has 3 aromatic rings. The smallest absolute Gasteiger partial charge is 0.351 e. The number of fused-ring (bicyclic) bond motifs is 1. The lowest BCUT2D eigenvalue weighted by molar-refractivity contribution is -0.227. The molecule has 2 saturated heterocycles. The first-order chi connectivity index (χ1) is 20.1. The van der Waals surface area contributed by atoms with Crippen LogP contribution in [0.4, 0.5) is 0 Å². The number of aromatic nitrogens is 2. The third kappa shape index (κ3) is 4.39. The van der Waals surface area contributed by atoms with E-state index >= 15 is 0 Å². The molecule has 1 saturated carbocycles. The quantitative estimate of drug-likeness (QED) is 0.268. The second-order valence-corrected chi connectivity index (χ2v) is 16.8. The third-order valence-corrected chi connectivity index (χ3v) is 13.9. The molecule has 0 unspecified atom stereocenters. The first-order valence-electron chi connectivity index (χ1n) is 14.4. The summed E-state index contributed by atoms with van der Waals surface area (Å²) in [5, 5.41) is 1.91. The lowest BCUT2D eigenvalue weighted by Crippen LogP contribution is -2.68. The average molecular weight is 588 g/mol. The lowest BCUT2D eigenvalue weighted by atomic mass is 9.97. The number of ether oxygens (including phenoxy) is 3. The van der Waals surface area contributed by atoms with Crippen LogP contribution in [0.15, 0.2) is 82.5 Å². The van der Waals surface area contributed by atoms with E-state index in [1.54, 1.807) is 0 Å². The van der Waals surface area contributed by atoms with E-state index in [0.29, 0.717) is 17.5 Å². The largest absolute Gasteiger partial charge is 0.403 e. The van der Waals surface area contributed by atoms with Gasteiger partial charge in [0.05, 0.1) is 6.61 Å². The van der Waals surface area contributed by atoms with Crippen molar-refractivity contribution in [2.75, 3.05) is 12.4 Å². The number of hydrogen-bond acceptors (Lipinski definition) is 7. The standard InChI is InChI=1S/C32H37N3O6Si/c1-5-31(22-38-42(30(2,3)4,23-14-8-6-9-15-23)24-16-10-7-11-17-24)27-26(39-32(40-27)19-12-13-20-32)28(41-31)34-21-18-25(36)35(33)29(34)37/h1,6-11,14-18,21,26-28H,12-13,19-20,22,33H2,2-4H3/t26-,27+,28-,31-/m1/s1. The van der Waals surface area contributed by atoms with Crippen LogP contribution in [0.5, 0.6) is 0 Å². The highest BCUT2D eigenvalue weighted by Gasteiger charge is 2.66. The monoisotopic (exact) mass is 587 g/mol. The molecule has 2 aromatic carbocycles. The Balaban J connectivity index is 1.46. The molecule has 4 atom stereocenters. The number of rotatable bonds is 6. The normalized spacial score (nSPS) is 26.8. The first kappa shape index (κ1) is 28.6. The van der Waals surface area contributed by atoms with Crippen molar-refractivity contribution in [3.8, 4) is 12.3 Å². The molecule has 0 radical (unpaired) electrons. The molecule has 9 nitrogen and oxygen atoms in total. The maximum atomic E-state index is 13.1. The number of terminal acetylenes is 1. The maximum Gasteiger partial charge on any atom is 0.351 e. The Bertz CT molecular complexity index is 1560. The van der Waals surface area contributed by atoms with Crippen molar-refractivity contribution in [2.45, 2.75) is 81.3 Å². The fourth-order valence-corrected chi connectivity index (χ4v) is 11.5. The second-order valence-electron chi connectivity index (χ2n) is 12.4. The minimum atomic E-state index is -3.00. The molecule has 0 bridgehead atoms. The zero-order valence-electron chi connectivity index (χ0n) is 24.2. The van der Waals surface area contributed by atoms with Crippen LogP contribution in [0.1, 0.15) is 52.7 Å². The number of hydrogen-bond donors (Lipinski definition) is 1. The average Bonchev–Trinajstić information content (AvgIpc) is 3.68. The molecule has 3 aliphatic rings. The summed E-state index contributed by atoms with van der Waals surface area (Å²) in [5.41, 5.74) is -2.74. The summed E-state index contributed by atoms with van der Waals surface area (Å²) in [6.07, 6.45) is 8.64. The van der Waals surface area contributed by atoms with E-state index in [2.05, 4.69) is 51.0 Å². The van der Waals surface area contributed by atoms with Crippen LogP contribution in [0.3, 0.4) is 0 Å². The topological polar surface area (TPSA) is 107 Å². The van der Waals surface area contributed by atoms with E-state index < -0.39 is 49.4 Å². The third-order valence-electron chi connectivity index (χ3n) is 8.91. The predicted octanol–water partition coefficient (Wildman–Crippen LogP) is 2.26. The van der Waals surface area contributed by atoms with Crippen LogP contribution in [0.2, 0.25) is 5.04 Å². The summed E-state index contributed by atoms with van der Waals surface area (Å²) >= 11 is 0. The van der Waals surface area contributed by atoms with Crippen LogP contribution in [-0.4, -0.2) is 47.8 Å². The van der Waals surface area contributed by atoms with E-state index in [4.69, 9.17) is 30.9 Å². The number of benzene rings is 2. The summed E-state index contributed by atoms with van der Waals surface area (Å²) in [6.45, 7) is 6.58. The van der Waals surface area contributed by atoms with Crippen LogP contribution >= 0.6 is 0 Å². The Morgan fingerprint density at radius 1 is 0.976 bits per heavy atom. The van der Waals surface area contributed by atoms with Gasteiger partial charge in [0, 0.05) is 25.1 Å². The van der Waals surface area contributed by atoms with Gasteiger partial charge in [-0.1, -0.05) is 87.4 Å². The zero-order chi connectivity index (χ0) is 29.8. The van der Waals surface area contributed by atoms with E-state index in [0.717, 1.165) is 23.2 Å². The summed E-state index contributed by atoms with van der Waals surface area (Å²) in [4.78, 5) is 25.2. The zero-order valence-corrected chi connectivity index (χ0v) is 25.2. The maximum absolute atomic E-state index is 13.1. The van der Waals surface area contributed by atoms with E-state index in [1.165, 1.54) is 16.8 Å².